The van der Waals surface area contributed by atoms with Crippen molar-refractivity contribution in [2.45, 2.75) is 67.7 Å². The van der Waals surface area contributed by atoms with Crippen LogP contribution in [0.3, 0.4) is 0 Å². The van der Waals surface area contributed by atoms with Gasteiger partial charge in [0.15, 0.2) is 10.6 Å². The first-order valence-electron chi connectivity index (χ1n) is 22.6. The van der Waals surface area contributed by atoms with E-state index in [9.17, 15) is 110 Å². The summed E-state index contributed by atoms with van der Waals surface area (Å²) in [6.07, 6.45) is -53.7. The summed E-state index contributed by atoms with van der Waals surface area (Å²) in [6, 6.07) is 15.8. The minimum Gasteiger partial charge on any atom is -0.289 e. The molecule has 80 heavy (non-hydrogen) atoms. The lowest BCUT2D eigenvalue weighted by atomic mass is 9.12. The van der Waals surface area contributed by atoms with Gasteiger partial charge >= 0.3 is 49.4 Å². The molecule has 0 aliphatic rings. The molecule has 0 spiro atoms. The van der Waals surface area contributed by atoms with Gasteiger partial charge in [0.1, 0.15) is 11.9 Å². The zero-order valence-corrected chi connectivity index (χ0v) is 40.8. The standard InChI is InChI=1S/C32H12BF24.C21H21OS/c34-25(35,36)13-1-14(26(37,38)39)6-21(5-13)33(22-7-15(27(40,41)42)2-16(8-22)28(43,44)45,23-9-17(29(46,47)48)3-18(10-23)30(49,50)51)24-11-19(31(52,53)54)4-20(12-24)32(55,56)57;1-2-15-23(16-20(22)18-10-4-3-5-11-18)21-14-8-12-17-9-6-7-13-19(17)21/h1-12H;3-14H,2,15-16H2,1H3/q-1;+1. The maximum absolute atomic E-state index is 14.2. The van der Waals surface area contributed by atoms with Crippen molar-refractivity contribution in [2.24, 2.45) is 0 Å². The van der Waals surface area contributed by atoms with E-state index in [1.54, 1.807) is 0 Å². The fourth-order valence-corrected chi connectivity index (χ4v) is 11.2. The third-order valence-corrected chi connectivity index (χ3v) is 14.8. The fourth-order valence-electron chi connectivity index (χ4n) is 8.89. The Morgan fingerprint density at radius 3 is 0.925 bits per heavy atom. The van der Waals surface area contributed by atoms with Crippen LogP contribution in [0.4, 0.5) is 105 Å². The highest BCUT2D eigenvalue weighted by molar-refractivity contribution is 7.97. The normalized spacial score (nSPS) is 13.7. The molecule has 0 saturated carbocycles. The van der Waals surface area contributed by atoms with E-state index in [2.05, 4.69) is 49.4 Å². The molecule has 0 fully saturated rings. The molecule has 0 radical (unpaired) electrons. The zero-order chi connectivity index (χ0) is 60.0. The molecular weight excluding hydrogens is 1150 g/mol. The van der Waals surface area contributed by atoms with Gasteiger partial charge in [-0.15, -0.1) is 0 Å². The number of halogens is 24. The van der Waals surface area contributed by atoms with Crippen LogP contribution in [-0.2, 0) is 60.3 Å². The highest BCUT2D eigenvalue weighted by Crippen LogP contribution is 2.42. The van der Waals surface area contributed by atoms with Crippen LogP contribution in [0.2, 0.25) is 0 Å². The molecule has 0 saturated heterocycles. The van der Waals surface area contributed by atoms with Crippen LogP contribution in [0.15, 0.2) is 150 Å². The molecule has 0 aromatic heterocycles. The molecule has 1 nitrogen and oxygen atoms in total. The summed E-state index contributed by atoms with van der Waals surface area (Å²) in [5, 5.41) is 2.54. The second-order valence-electron chi connectivity index (χ2n) is 17.8. The average Bonchev–Trinajstić information content (AvgIpc) is 3.48. The highest BCUT2D eigenvalue weighted by atomic mass is 32.2. The molecule has 1 atom stereocenters. The van der Waals surface area contributed by atoms with Gasteiger partial charge < -0.3 is 0 Å². The lowest BCUT2D eigenvalue weighted by Gasteiger charge is -2.46. The van der Waals surface area contributed by atoms with Crippen LogP contribution in [0, 0.1) is 0 Å². The van der Waals surface area contributed by atoms with E-state index < -0.39 is 195 Å². The second-order valence-corrected chi connectivity index (χ2v) is 20.0. The van der Waals surface area contributed by atoms with Crippen LogP contribution in [-0.4, -0.2) is 23.4 Å². The van der Waals surface area contributed by atoms with Gasteiger partial charge in [0, 0.05) is 21.8 Å². The van der Waals surface area contributed by atoms with Crippen molar-refractivity contribution in [2.75, 3.05) is 11.5 Å². The van der Waals surface area contributed by atoms with Gasteiger partial charge in [-0.25, -0.2) is 0 Å². The van der Waals surface area contributed by atoms with Gasteiger partial charge in [-0.1, -0.05) is 116 Å². The predicted molar refractivity (Wildman–Crippen MR) is 250 cm³/mol. The van der Waals surface area contributed by atoms with Gasteiger partial charge in [0.25, 0.3) is 0 Å². The van der Waals surface area contributed by atoms with E-state index in [4.69, 9.17) is 0 Å². The minimum absolute atomic E-state index is 0.0426. The molecule has 0 bridgehead atoms. The Morgan fingerprint density at radius 2 is 0.637 bits per heavy atom. The molecule has 0 aliphatic heterocycles. The quantitative estimate of drug-likeness (QED) is 0.0577. The van der Waals surface area contributed by atoms with Crippen molar-refractivity contribution in [3.05, 3.63) is 196 Å². The number of benzene rings is 7. The Hall–Kier alpha value is -6.80. The second kappa shape index (κ2) is 22.3. The first kappa shape index (κ1) is 62.4. The molecule has 0 amide bonds. The largest absolute Gasteiger partial charge is 0.416 e. The van der Waals surface area contributed by atoms with Crippen LogP contribution in [0.5, 0.6) is 0 Å². The van der Waals surface area contributed by atoms with Crippen LogP contribution in [0.25, 0.3) is 10.8 Å². The SMILES string of the molecule is CCC[S+](CC(=O)c1ccccc1)c1cccc2ccccc12.FC(F)(F)c1cc([B-](c2cc(C(F)(F)F)cc(C(F)(F)F)c2)(c2cc(C(F)(F)F)cc(C(F)(F)F)c2)c2cc(C(F)(F)F)cc(C(F)(F)F)c2)cc(C(F)(F)F)c1. The third kappa shape index (κ3) is 14.2. The lowest BCUT2D eigenvalue weighted by molar-refractivity contribution is -0.144. The molecular formula is C53H33BF24OS. The van der Waals surface area contributed by atoms with Crippen molar-refractivity contribution in [1.82, 2.24) is 0 Å². The summed E-state index contributed by atoms with van der Waals surface area (Å²) in [5.41, 5.74) is -29.4. The van der Waals surface area contributed by atoms with Crippen molar-refractivity contribution < 1.29 is 110 Å². The summed E-state index contributed by atoms with van der Waals surface area (Å²) >= 11 is 0. The Bertz CT molecular complexity index is 2900. The smallest absolute Gasteiger partial charge is 0.289 e. The van der Waals surface area contributed by atoms with E-state index >= 15 is 0 Å². The molecule has 1 unspecified atom stereocenters. The molecule has 428 valence electrons. The van der Waals surface area contributed by atoms with Crippen LogP contribution >= 0.6 is 0 Å². The van der Waals surface area contributed by atoms with Gasteiger partial charge in [-0.2, -0.15) is 127 Å². The lowest BCUT2D eigenvalue weighted by Crippen LogP contribution is -2.75. The van der Waals surface area contributed by atoms with E-state index in [0.717, 1.165) is 17.7 Å². The number of carbonyl (C=O) groups excluding carboxylic acids is 1. The number of hydrogen-bond acceptors (Lipinski definition) is 1. The van der Waals surface area contributed by atoms with Crippen LogP contribution < -0.4 is 21.9 Å². The first-order chi connectivity index (χ1) is 36.6. The van der Waals surface area contributed by atoms with Crippen LogP contribution in [0.1, 0.15) is 68.2 Å². The predicted octanol–water partition coefficient (Wildman–Crippen LogP) is 16.3. The summed E-state index contributed by atoms with van der Waals surface area (Å²) in [7, 11) is -0.0426. The van der Waals surface area contributed by atoms with E-state index in [1.165, 1.54) is 15.7 Å². The summed E-state index contributed by atoms with van der Waals surface area (Å²) in [4.78, 5) is 14.0. The summed E-state index contributed by atoms with van der Waals surface area (Å²) in [5.74, 6) is 1.91. The molecule has 7 aromatic rings. The number of hydrogen-bond donors (Lipinski definition) is 0. The summed E-state index contributed by atoms with van der Waals surface area (Å²) in [6.45, 7) is 2.19. The maximum atomic E-state index is 14.2. The topological polar surface area (TPSA) is 17.1 Å². The number of Topliss-reactive ketones (excluding diaryl/α,β-unsaturated/α-hetero) is 1. The van der Waals surface area contributed by atoms with E-state index in [1.807, 2.05) is 30.3 Å². The number of rotatable bonds is 10. The molecule has 7 rings (SSSR count). The molecule has 27 heteroatoms. The first-order valence-corrected chi connectivity index (χ1v) is 24.2. The molecule has 7 aromatic carbocycles. The van der Waals surface area contributed by atoms with Gasteiger partial charge in [0.05, 0.1) is 44.5 Å². The van der Waals surface area contributed by atoms with Crippen molar-refractivity contribution >= 4 is 55.4 Å². The Kier molecular flexibility index (Phi) is 17.4. The Morgan fingerprint density at radius 1 is 0.362 bits per heavy atom. The number of fused-ring (bicyclic) bond motifs is 1. The zero-order valence-electron chi connectivity index (χ0n) is 39.9. The van der Waals surface area contributed by atoms with Crippen molar-refractivity contribution in [3.8, 4) is 0 Å². The highest BCUT2D eigenvalue weighted by Gasteiger charge is 2.47. The maximum Gasteiger partial charge on any atom is 0.416 e. The van der Waals surface area contributed by atoms with Crippen molar-refractivity contribution in [1.29, 1.82) is 0 Å². The number of alkyl halides is 24. The number of ketones is 1. The van der Waals surface area contributed by atoms with Crippen molar-refractivity contribution in [3.63, 3.8) is 0 Å². The van der Waals surface area contributed by atoms with Gasteiger partial charge in [-0.05, 0) is 48.2 Å². The third-order valence-electron chi connectivity index (χ3n) is 12.4. The average molecular weight is 1180 g/mol. The van der Waals surface area contributed by atoms with E-state index in [-0.39, 0.29) is 16.7 Å². The van der Waals surface area contributed by atoms with E-state index in [0.29, 0.717) is 5.75 Å². The minimum atomic E-state index is -6.13. The number of carbonyl (C=O) groups is 1. The summed E-state index contributed by atoms with van der Waals surface area (Å²) < 4.78 is 341. The Labute approximate surface area is 439 Å². The van der Waals surface area contributed by atoms with Gasteiger partial charge in [0.2, 0.25) is 5.78 Å². The molecule has 0 heterocycles. The monoisotopic (exact) mass is 1180 g/mol. The molecule has 0 N–H and O–H groups in total. The molecule has 0 aliphatic carbocycles. The fraction of sp³-hybridized carbons (Fsp3) is 0.226. The Balaban J connectivity index is 0.000000370. The van der Waals surface area contributed by atoms with Gasteiger partial charge in [-0.3, -0.25) is 4.79 Å².